The van der Waals surface area contributed by atoms with Gasteiger partial charge in [-0.2, -0.15) is 0 Å². The molecule has 6 heteroatoms. The van der Waals surface area contributed by atoms with Crippen molar-refractivity contribution in [3.8, 4) is 0 Å². The van der Waals surface area contributed by atoms with Crippen molar-refractivity contribution < 1.29 is 0 Å². The van der Waals surface area contributed by atoms with Gasteiger partial charge in [0.25, 0.3) is 5.56 Å². The van der Waals surface area contributed by atoms with Gasteiger partial charge in [0, 0.05) is 12.7 Å². The molecular weight excluding hydrogens is 355 g/mol. The lowest BCUT2D eigenvalue weighted by Crippen LogP contribution is -2.24. The first-order valence-corrected chi connectivity index (χ1v) is 7.10. The van der Waals surface area contributed by atoms with Crippen molar-refractivity contribution in [2.24, 2.45) is 0 Å². The molecule has 0 saturated carbocycles. The third-order valence-electron chi connectivity index (χ3n) is 2.69. The Bertz CT molecular complexity index is 639. The number of hydrogen-bond acceptors (Lipinski definition) is 4. The second-order valence-electron chi connectivity index (χ2n) is 4.16. The Morgan fingerprint density at radius 3 is 2.95 bits per heavy atom. The first kappa shape index (κ1) is 14.0. The maximum absolute atomic E-state index is 12.1. The molecule has 5 nitrogen and oxygen atoms in total. The molecule has 2 aromatic rings. The van der Waals surface area contributed by atoms with Crippen molar-refractivity contribution in [1.82, 2.24) is 14.5 Å². The minimum Gasteiger partial charge on any atom is -0.370 e. The summed E-state index contributed by atoms with van der Waals surface area (Å²) < 4.78 is 2.28. The molecule has 1 N–H and O–H groups in total. The number of nitrogens with zero attached hydrogens (tertiary/aromatic N) is 3. The third kappa shape index (κ3) is 3.31. The minimum absolute atomic E-state index is 0.00471. The first-order valence-electron chi connectivity index (χ1n) is 6.02. The van der Waals surface area contributed by atoms with E-state index in [0.29, 0.717) is 10.1 Å². The smallest absolute Gasteiger partial charge is 0.267 e. The molecule has 0 aliphatic carbocycles. The summed E-state index contributed by atoms with van der Waals surface area (Å²) in [7, 11) is 0. The molecule has 0 amide bonds. The first-order chi connectivity index (χ1) is 9.11. The third-order valence-corrected chi connectivity index (χ3v) is 3.93. The predicted octanol–water partition coefficient (Wildman–Crippen LogP) is 2.03. The molecule has 0 saturated heterocycles. The number of pyridine rings is 1. The molecule has 0 spiro atoms. The van der Waals surface area contributed by atoms with Crippen LogP contribution >= 0.6 is 22.6 Å². The van der Waals surface area contributed by atoms with Crippen LogP contribution in [0.5, 0.6) is 0 Å². The van der Waals surface area contributed by atoms with Gasteiger partial charge in [-0.25, -0.2) is 9.97 Å². The zero-order valence-electron chi connectivity index (χ0n) is 10.9. The highest BCUT2D eigenvalue weighted by molar-refractivity contribution is 14.1. The lowest BCUT2D eigenvalue weighted by atomic mass is 10.2. The average molecular weight is 370 g/mol. The van der Waals surface area contributed by atoms with Crippen LogP contribution in [0.1, 0.15) is 18.2 Å². The van der Waals surface area contributed by atoms with Gasteiger partial charge in [-0.3, -0.25) is 9.36 Å². The molecule has 0 aliphatic heterocycles. The normalized spacial score (nSPS) is 10.5. The Morgan fingerprint density at radius 2 is 2.21 bits per heavy atom. The van der Waals surface area contributed by atoms with Gasteiger partial charge in [0.2, 0.25) is 0 Å². The number of rotatable bonds is 4. The van der Waals surface area contributed by atoms with E-state index in [1.807, 2.05) is 48.6 Å². The van der Waals surface area contributed by atoms with E-state index in [4.69, 9.17) is 0 Å². The van der Waals surface area contributed by atoms with Gasteiger partial charge in [0.05, 0.1) is 22.1 Å². The summed E-state index contributed by atoms with van der Waals surface area (Å²) in [4.78, 5) is 20.5. The fourth-order valence-electron chi connectivity index (χ4n) is 1.71. The number of anilines is 1. The second-order valence-corrected chi connectivity index (χ2v) is 5.24. The van der Waals surface area contributed by atoms with Gasteiger partial charge in [0.1, 0.15) is 5.82 Å². The van der Waals surface area contributed by atoms with Gasteiger partial charge in [0.15, 0.2) is 0 Å². The summed E-state index contributed by atoms with van der Waals surface area (Å²) in [5.41, 5.74) is 1.79. The molecule has 2 heterocycles. The Balaban J connectivity index is 2.29. The second kappa shape index (κ2) is 6.14. The summed E-state index contributed by atoms with van der Waals surface area (Å²) in [6.45, 7) is 5.18. The van der Waals surface area contributed by atoms with Gasteiger partial charge in [-0.05, 0) is 54.1 Å². The van der Waals surface area contributed by atoms with Crippen LogP contribution in [-0.4, -0.2) is 21.1 Å². The van der Waals surface area contributed by atoms with Crippen molar-refractivity contribution in [3.05, 3.63) is 49.8 Å². The summed E-state index contributed by atoms with van der Waals surface area (Å²) in [5.74, 6) is 0.822. The van der Waals surface area contributed by atoms with E-state index in [9.17, 15) is 4.79 Å². The molecule has 0 aromatic carbocycles. The SMILES string of the molecule is CCNc1cc(Cn2cnc(C)c(I)c2=O)ccn1. The van der Waals surface area contributed by atoms with E-state index in [1.54, 1.807) is 17.1 Å². The van der Waals surface area contributed by atoms with Crippen LogP contribution in [0, 0.1) is 10.5 Å². The summed E-state index contributed by atoms with van der Waals surface area (Å²) in [6.07, 6.45) is 3.33. The number of aromatic nitrogens is 3. The molecular formula is C13H15IN4O. The average Bonchev–Trinajstić information content (AvgIpc) is 2.40. The highest BCUT2D eigenvalue weighted by Gasteiger charge is 2.06. The number of hydrogen-bond donors (Lipinski definition) is 1. The van der Waals surface area contributed by atoms with Gasteiger partial charge in [-0.1, -0.05) is 0 Å². The molecule has 2 aromatic heterocycles. The zero-order chi connectivity index (χ0) is 13.8. The van der Waals surface area contributed by atoms with Crippen molar-refractivity contribution in [3.63, 3.8) is 0 Å². The monoisotopic (exact) mass is 370 g/mol. The van der Waals surface area contributed by atoms with Gasteiger partial charge >= 0.3 is 0 Å². The zero-order valence-corrected chi connectivity index (χ0v) is 13.0. The van der Waals surface area contributed by atoms with Crippen molar-refractivity contribution >= 4 is 28.4 Å². The quantitative estimate of drug-likeness (QED) is 0.837. The topological polar surface area (TPSA) is 59.8 Å². The van der Waals surface area contributed by atoms with E-state index in [-0.39, 0.29) is 5.56 Å². The Hall–Kier alpha value is -1.44. The van der Waals surface area contributed by atoms with E-state index in [1.165, 1.54) is 0 Å². The van der Waals surface area contributed by atoms with E-state index in [2.05, 4.69) is 15.3 Å². The largest absolute Gasteiger partial charge is 0.370 e. The summed E-state index contributed by atoms with van der Waals surface area (Å²) in [5, 5.41) is 3.15. The highest BCUT2D eigenvalue weighted by Crippen LogP contribution is 2.08. The van der Waals surface area contributed by atoms with Crippen LogP contribution in [-0.2, 0) is 6.54 Å². The molecule has 0 fully saturated rings. The Kier molecular flexibility index (Phi) is 4.52. The molecule has 100 valence electrons. The molecule has 0 unspecified atom stereocenters. The minimum atomic E-state index is -0.00471. The molecule has 0 radical (unpaired) electrons. The highest BCUT2D eigenvalue weighted by atomic mass is 127. The van der Waals surface area contributed by atoms with E-state index >= 15 is 0 Å². The fourth-order valence-corrected chi connectivity index (χ4v) is 2.16. The maximum atomic E-state index is 12.1. The molecule has 0 aliphatic rings. The summed E-state index contributed by atoms with van der Waals surface area (Å²) >= 11 is 2.04. The van der Waals surface area contributed by atoms with Gasteiger partial charge in [-0.15, -0.1) is 0 Å². The van der Waals surface area contributed by atoms with E-state index < -0.39 is 0 Å². The Labute approximate surface area is 125 Å². The molecule has 0 atom stereocenters. The number of aryl methyl sites for hydroxylation is 1. The lowest BCUT2D eigenvalue weighted by molar-refractivity contribution is 0.723. The summed E-state index contributed by atoms with van der Waals surface area (Å²) in [6, 6.07) is 3.85. The molecule has 19 heavy (non-hydrogen) atoms. The van der Waals surface area contributed by atoms with Crippen LogP contribution in [0.2, 0.25) is 0 Å². The van der Waals surface area contributed by atoms with Crippen LogP contribution < -0.4 is 10.9 Å². The fraction of sp³-hybridized carbons (Fsp3) is 0.308. The number of nitrogens with one attached hydrogen (secondary N) is 1. The van der Waals surface area contributed by atoms with Crippen LogP contribution in [0.15, 0.2) is 29.5 Å². The van der Waals surface area contributed by atoms with Crippen molar-refractivity contribution in [2.75, 3.05) is 11.9 Å². The van der Waals surface area contributed by atoms with Crippen LogP contribution in [0.3, 0.4) is 0 Å². The maximum Gasteiger partial charge on any atom is 0.267 e. The Morgan fingerprint density at radius 1 is 1.42 bits per heavy atom. The molecule has 2 rings (SSSR count). The molecule has 0 bridgehead atoms. The van der Waals surface area contributed by atoms with Crippen molar-refractivity contribution in [1.29, 1.82) is 0 Å². The standard InChI is InChI=1S/C13H15IN4O/c1-3-15-11-6-10(4-5-16-11)7-18-8-17-9(2)12(14)13(18)19/h4-6,8H,3,7H2,1-2H3,(H,15,16). The predicted molar refractivity (Wildman–Crippen MR) is 83.5 cm³/mol. The lowest BCUT2D eigenvalue weighted by Gasteiger charge is -2.08. The van der Waals surface area contributed by atoms with Gasteiger partial charge < -0.3 is 5.32 Å². The van der Waals surface area contributed by atoms with E-state index in [0.717, 1.165) is 23.6 Å². The van der Waals surface area contributed by atoms with Crippen LogP contribution in [0.4, 0.5) is 5.82 Å². The van der Waals surface area contributed by atoms with Crippen molar-refractivity contribution in [2.45, 2.75) is 20.4 Å². The number of halogens is 1. The van der Waals surface area contributed by atoms with Crippen LogP contribution in [0.25, 0.3) is 0 Å².